The standard InChI is InChI=1S/C19H28N4O2S/c1-20-19(23(3)15-18-11-7-13-22(18)2)21-12-8-14-26(24,25)16-17-9-5-4-6-10-17/h4-7,9-11,13H,8,12,14-16H2,1-3H3,(H,20,21). The lowest BCUT2D eigenvalue weighted by atomic mass is 10.2. The van der Waals surface area contributed by atoms with Gasteiger partial charge < -0.3 is 14.8 Å². The molecule has 6 nitrogen and oxygen atoms in total. The van der Waals surface area contributed by atoms with Gasteiger partial charge in [0.15, 0.2) is 15.8 Å². The zero-order chi connectivity index (χ0) is 19.0. The highest BCUT2D eigenvalue weighted by atomic mass is 32.2. The number of aliphatic imine (C=N–C) groups is 1. The number of aryl methyl sites for hydroxylation is 1. The predicted octanol–water partition coefficient (Wildman–Crippen LogP) is 2.04. The van der Waals surface area contributed by atoms with E-state index in [0.717, 1.165) is 18.1 Å². The molecule has 2 rings (SSSR count). The lowest BCUT2D eigenvalue weighted by Crippen LogP contribution is -2.39. The van der Waals surface area contributed by atoms with Gasteiger partial charge in [-0.15, -0.1) is 0 Å². The van der Waals surface area contributed by atoms with E-state index in [4.69, 9.17) is 0 Å². The van der Waals surface area contributed by atoms with E-state index in [2.05, 4.69) is 20.9 Å². The zero-order valence-electron chi connectivity index (χ0n) is 15.7. The molecule has 1 aromatic carbocycles. The van der Waals surface area contributed by atoms with Gasteiger partial charge in [0.1, 0.15) is 0 Å². The molecule has 0 radical (unpaired) electrons. The van der Waals surface area contributed by atoms with E-state index in [-0.39, 0.29) is 11.5 Å². The molecule has 142 valence electrons. The molecule has 0 atom stereocenters. The predicted molar refractivity (Wildman–Crippen MR) is 107 cm³/mol. The van der Waals surface area contributed by atoms with Gasteiger partial charge >= 0.3 is 0 Å². The van der Waals surface area contributed by atoms with Crippen LogP contribution in [0.3, 0.4) is 0 Å². The Morgan fingerprint density at radius 3 is 2.54 bits per heavy atom. The Balaban J connectivity index is 1.77. The fourth-order valence-corrected chi connectivity index (χ4v) is 4.18. The van der Waals surface area contributed by atoms with Crippen LogP contribution in [0.2, 0.25) is 0 Å². The maximum Gasteiger partial charge on any atom is 0.193 e. The van der Waals surface area contributed by atoms with E-state index in [1.165, 1.54) is 5.69 Å². The molecular formula is C19H28N4O2S. The summed E-state index contributed by atoms with van der Waals surface area (Å²) in [5, 5.41) is 3.24. The number of hydrogen-bond donors (Lipinski definition) is 1. The number of nitrogens with one attached hydrogen (secondary N) is 1. The zero-order valence-corrected chi connectivity index (χ0v) is 16.5. The van der Waals surface area contributed by atoms with Crippen LogP contribution in [-0.2, 0) is 29.2 Å². The summed E-state index contributed by atoms with van der Waals surface area (Å²) in [6.07, 6.45) is 2.56. The van der Waals surface area contributed by atoms with Gasteiger partial charge in [-0.05, 0) is 24.1 Å². The molecule has 0 saturated carbocycles. The highest BCUT2D eigenvalue weighted by Gasteiger charge is 2.12. The SMILES string of the molecule is CN=C(NCCCS(=O)(=O)Cc1ccccc1)N(C)Cc1cccn1C. The molecule has 1 N–H and O–H groups in total. The average molecular weight is 377 g/mol. The number of hydrogen-bond acceptors (Lipinski definition) is 3. The van der Waals surface area contributed by atoms with Crippen molar-refractivity contribution in [1.29, 1.82) is 0 Å². The molecule has 0 aliphatic carbocycles. The Morgan fingerprint density at radius 2 is 1.92 bits per heavy atom. The van der Waals surface area contributed by atoms with Gasteiger partial charge in [-0.25, -0.2) is 8.42 Å². The third-order valence-electron chi connectivity index (χ3n) is 4.17. The number of benzene rings is 1. The topological polar surface area (TPSA) is 66.7 Å². The summed E-state index contributed by atoms with van der Waals surface area (Å²) in [4.78, 5) is 6.29. The van der Waals surface area contributed by atoms with Crippen LogP contribution >= 0.6 is 0 Å². The average Bonchev–Trinajstić information content (AvgIpc) is 3.00. The minimum absolute atomic E-state index is 0.0932. The number of sulfone groups is 1. The van der Waals surface area contributed by atoms with Gasteiger partial charge in [0.2, 0.25) is 0 Å². The van der Waals surface area contributed by atoms with Crippen molar-refractivity contribution in [1.82, 2.24) is 14.8 Å². The summed E-state index contributed by atoms with van der Waals surface area (Å²) in [7, 11) is 2.61. The largest absolute Gasteiger partial charge is 0.356 e. The van der Waals surface area contributed by atoms with Crippen LogP contribution in [0.5, 0.6) is 0 Å². The van der Waals surface area contributed by atoms with Crippen molar-refractivity contribution in [3.05, 3.63) is 59.9 Å². The van der Waals surface area contributed by atoms with E-state index in [0.29, 0.717) is 13.0 Å². The number of aromatic nitrogens is 1. The number of guanidine groups is 1. The lowest BCUT2D eigenvalue weighted by Gasteiger charge is -2.22. The van der Waals surface area contributed by atoms with Gasteiger partial charge in [-0.3, -0.25) is 4.99 Å². The second-order valence-electron chi connectivity index (χ2n) is 6.37. The summed E-state index contributed by atoms with van der Waals surface area (Å²) < 4.78 is 26.5. The van der Waals surface area contributed by atoms with Crippen molar-refractivity contribution in [3.63, 3.8) is 0 Å². The van der Waals surface area contributed by atoms with Crippen molar-refractivity contribution in [2.24, 2.45) is 12.0 Å². The number of nitrogens with zero attached hydrogens (tertiary/aromatic N) is 3. The maximum absolute atomic E-state index is 12.2. The van der Waals surface area contributed by atoms with E-state index < -0.39 is 9.84 Å². The molecule has 0 fully saturated rings. The van der Waals surface area contributed by atoms with Crippen LogP contribution in [0.4, 0.5) is 0 Å². The first kappa shape index (κ1) is 20.0. The van der Waals surface area contributed by atoms with Crippen LogP contribution in [0.1, 0.15) is 17.7 Å². The molecule has 0 aliphatic rings. The Labute approximate surface area is 156 Å². The van der Waals surface area contributed by atoms with Crippen molar-refractivity contribution in [2.45, 2.75) is 18.7 Å². The quantitative estimate of drug-likeness (QED) is 0.435. The number of rotatable bonds is 8. The Hall–Kier alpha value is -2.28. The van der Waals surface area contributed by atoms with E-state index in [1.807, 2.05) is 61.6 Å². The molecule has 2 aromatic rings. The molecule has 0 unspecified atom stereocenters. The third-order valence-corrected chi connectivity index (χ3v) is 5.85. The smallest absolute Gasteiger partial charge is 0.193 e. The first-order chi connectivity index (χ1) is 12.4. The van der Waals surface area contributed by atoms with Crippen LogP contribution in [0.25, 0.3) is 0 Å². The minimum Gasteiger partial charge on any atom is -0.356 e. The highest BCUT2D eigenvalue weighted by molar-refractivity contribution is 7.90. The molecule has 7 heteroatoms. The second kappa shape index (κ2) is 9.43. The third kappa shape index (κ3) is 6.22. The summed E-state index contributed by atoms with van der Waals surface area (Å²) in [5.41, 5.74) is 2.01. The van der Waals surface area contributed by atoms with Crippen LogP contribution in [0.15, 0.2) is 53.7 Å². The van der Waals surface area contributed by atoms with Crippen LogP contribution in [0, 0.1) is 0 Å². The first-order valence-electron chi connectivity index (χ1n) is 8.67. The fraction of sp³-hybridized carbons (Fsp3) is 0.421. The molecule has 0 amide bonds. The van der Waals surface area contributed by atoms with Crippen molar-refractivity contribution in [3.8, 4) is 0 Å². The molecule has 1 heterocycles. The summed E-state index contributed by atoms with van der Waals surface area (Å²) in [6.45, 7) is 1.30. The van der Waals surface area contributed by atoms with Gasteiger partial charge in [0, 0.05) is 39.6 Å². The molecule has 0 saturated heterocycles. The van der Waals surface area contributed by atoms with Crippen molar-refractivity contribution >= 4 is 15.8 Å². The normalized spacial score (nSPS) is 12.2. The maximum atomic E-state index is 12.2. The first-order valence-corrected chi connectivity index (χ1v) is 10.5. The Bertz CT molecular complexity index is 813. The fourth-order valence-electron chi connectivity index (χ4n) is 2.76. The molecule has 1 aromatic heterocycles. The van der Waals surface area contributed by atoms with Crippen molar-refractivity contribution in [2.75, 3.05) is 26.4 Å². The molecule has 0 spiro atoms. The summed E-state index contributed by atoms with van der Waals surface area (Å²) in [6, 6.07) is 13.4. The monoisotopic (exact) mass is 376 g/mol. The Morgan fingerprint density at radius 1 is 1.19 bits per heavy atom. The molecule has 0 bridgehead atoms. The van der Waals surface area contributed by atoms with E-state index in [9.17, 15) is 8.42 Å². The van der Waals surface area contributed by atoms with E-state index >= 15 is 0 Å². The van der Waals surface area contributed by atoms with E-state index in [1.54, 1.807) is 7.05 Å². The minimum atomic E-state index is -3.10. The molecule has 0 aliphatic heterocycles. The summed E-state index contributed by atoms with van der Waals surface area (Å²) >= 11 is 0. The van der Waals surface area contributed by atoms with Gasteiger partial charge in [-0.2, -0.15) is 0 Å². The van der Waals surface area contributed by atoms with Crippen molar-refractivity contribution < 1.29 is 8.42 Å². The van der Waals surface area contributed by atoms with Crippen LogP contribution in [-0.4, -0.2) is 50.2 Å². The van der Waals surface area contributed by atoms with Gasteiger partial charge in [-0.1, -0.05) is 30.3 Å². The van der Waals surface area contributed by atoms with Gasteiger partial charge in [0.05, 0.1) is 18.1 Å². The highest BCUT2D eigenvalue weighted by Crippen LogP contribution is 2.07. The molecule has 26 heavy (non-hydrogen) atoms. The lowest BCUT2D eigenvalue weighted by molar-refractivity contribution is 0.462. The Kier molecular flexibility index (Phi) is 7.26. The van der Waals surface area contributed by atoms with Gasteiger partial charge in [0.25, 0.3) is 0 Å². The second-order valence-corrected chi connectivity index (χ2v) is 8.56. The molecular weight excluding hydrogens is 348 g/mol. The van der Waals surface area contributed by atoms with Crippen LogP contribution < -0.4 is 5.32 Å². The summed E-state index contributed by atoms with van der Waals surface area (Å²) in [5.74, 6) is 1.01.